The predicted octanol–water partition coefficient (Wildman–Crippen LogP) is 5.14. The van der Waals surface area contributed by atoms with Crippen molar-refractivity contribution in [2.75, 3.05) is 19.5 Å². The van der Waals surface area contributed by atoms with Crippen LogP contribution in [0.2, 0.25) is 10.0 Å². The molecule has 1 amide bonds. The van der Waals surface area contributed by atoms with Gasteiger partial charge in [-0.05, 0) is 65.7 Å². The number of hydrogen-bond donors (Lipinski definition) is 1. The lowest BCUT2D eigenvalue weighted by atomic mass is 10.1. The predicted molar refractivity (Wildman–Crippen MR) is 174 cm³/mol. The van der Waals surface area contributed by atoms with Gasteiger partial charge in [-0.25, -0.2) is 4.79 Å². The number of rotatable bonds is 9. The number of aryl methyl sites for hydroxylation is 1. The summed E-state index contributed by atoms with van der Waals surface area (Å²) in [6.45, 7) is 0.0628. The zero-order chi connectivity index (χ0) is 33.1. The van der Waals surface area contributed by atoms with Crippen molar-refractivity contribution in [1.82, 2.24) is 18.7 Å². The van der Waals surface area contributed by atoms with Crippen molar-refractivity contribution in [1.29, 1.82) is 5.26 Å². The third kappa shape index (κ3) is 6.32. The molecule has 3 aromatic carbocycles. The Morgan fingerprint density at radius 3 is 2.37 bits per heavy atom. The molecule has 12 nitrogen and oxygen atoms in total. The van der Waals surface area contributed by atoms with Crippen LogP contribution < -0.4 is 30.8 Å². The van der Waals surface area contributed by atoms with Crippen molar-refractivity contribution in [3.05, 3.63) is 108 Å². The van der Waals surface area contributed by atoms with Gasteiger partial charge in [0.2, 0.25) is 0 Å². The number of carbonyl (C=O) groups excluding carboxylic acids is 1. The summed E-state index contributed by atoms with van der Waals surface area (Å²) in [6, 6.07) is 18.3. The van der Waals surface area contributed by atoms with Gasteiger partial charge in [0.15, 0.2) is 22.7 Å². The van der Waals surface area contributed by atoms with E-state index in [1.54, 1.807) is 60.7 Å². The van der Waals surface area contributed by atoms with Gasteiger partial charge in [-0.1, -0.05) is 35.3 Å². The lowest BCUT2D eigenvalue weighted by Crippen LogP contribution is -2.37. The Labute approximate surface area is 272 Å². The minimum absolute atomic E-state index is 0.0162. The minimum atomic E-state index is -0.603. The molecule has 0 spiro atoms. The molecule has 5 aromatic rings. The van der Waals surface area contributed by atoms with Gasteiger partial charge < -0.3 is 19.5 Å². The van der Waals surface area contributed by atoms with Crippen molar-refractivity contribution in [2.24, 2.45) is 14.1 Å². The van der Waals surface area contributed by atoms with Gasteiger partial charge in [-0.2, -0.15) is 10.2 Å². The first kappa shape index (κ1) is 31.9. The first-order chi connectivity index (χ1) is 22.0. The van der Waals surface area contributed by atoms with E-state index in [0.717, 1.165) is 4.57 Å². The van der Waals surface area contributed by atoms with Crippen LogP contribution in [-0.4, -0.2) is 38.8 Å². The van der Waals surface area contributed by atoms with Crippen LogP contribution in [0.5, 0.6) is 23.3 Å². The van der Waals surface area contributed by atoms with Gasteiger partial charge in [0.1, 0.15) is 17.4 Å². The topological polar surface area (TPSA) is 142 Å². The number of halogens is 2. The van der Waals surface area contributed by atoms with Gasteiger partial charge in [0.05, 0.1) is 20.8 Å². The fraction of sp³-hybridized carbons (Fsp3) is 0.156. The van der Waals surface area contributed by atoms with Crippen molar-refractivity contribution < 1.29 is 19.0 Å². The normalized spacial score (nSPS) is 11.3. The average molecular weight is 662 g/mol. The maximum atomic E-state index is 13.3. The smallest absolute Gasteiger partial charge is 0.332 e. The van der Waals surface area contributed by atoms with Crippen LogP contribution in [0.25, 0.3) is 17.2 Å². The van der Waals surface area contributed by atoms with Crippen molar-refractivity contribution in [3.8, 4) is 29.3 Å². The molecule has 0 aliphatic heterocycles. The Morgan fingerprint density at radius 2 is 1.72 bits per heavy atom. The number of carbonyl (C=O) groups is 1. The molecule has 2 heterocycles. The highest BCUT2D eigenvalue weighted by Gasteiger charge is 2.23. The van der Waals surface area contributed by atoms with Gasteiger partial charge in [0, 0.05) is 29.8 Å². The summed E-state index contributed by atoms with van der Waals surface area (Å²) in [5.41, 5.74) is 0.525. The molecule has 0 aliphatic carbocycles. The molecule has 0 aliphatic rings. The van der Waals surface area contributed by atoms with E-state index in [1.807, 2.05) is 6.07 Å². The first-order valence-corrected chi connectivity index (χ1v) is 14.3. The van der Waals surface area contributed by atoms with E-state index >= 15 is 0 Å². The molecule has 0 bridgehead atoms. The van der Waals surface area contributed by atoms with Crippen molar-refractivity contribution in [2.45, 2.75) is 6.54 Å². The minimum Gasteiger partial charge on any atom is -0.497 e. The first-order valence-electron chi connectivity index (χ1n) is 13.6. The number of amides is 1. The number of benzene rings is 3. The fourth-order valence-corrected chi connectivity index (χ4v) is 5.08. The second-order valence-electron chi connectivity index (χ2n) is 9.96. The zero-order valence-electron chi connectivity index (χ0n) is 25.0. The van der Waals surface area contributed by atoms with Crippen LogP contribution in [-0.2, 0) is 25.4 Å². The number of methoxy groups -OCH3 is 2. The summed E-state index contributed by atoms with van der Waals surface area (Å²) < 4.78 is 20.6. The molecule has 2 aromatic heterocycles. The Hall–Kier alpha value is -5.51. The fourth-order valence-electron chi connectivity index (χ4n) is 4.62. The van der Waals surface area contributed by atoms with Gasteiger partial charge in [-0.3, -0.25) is 23.3 Å². The lowest BCUT2D eigenvalue weighted by molar-refractivity contribution is -0.112. The molecular formula is C32H26Cl2N6O6. The van der Waals surface area contributed by atoms with E-state index < -0.39 is 17.2 Å². The third-order valence-corrected chi connectivity index (χ3v) is 7.66. The molecule has 0 atom stereocenters. The quantitative estimate of drug-likeness (QED) is 0.169. The third-order valence-electron chi connectivity index (χ3n) is 7.07. The second kappa shape index (κ2) is 13.2. The van der Waals surface area contributed by atoms with Crippen LogP contribution in [0.3, 0.4) is 0 Å². The summed E-state index contributed by atoms with van der Waals surface area (Å²) in [7, 11) is 5.83. The van der Waals surface area contributed by atoms with Crippen LogP contribution in [0.1, 0.15) is 11.1 Å². The van der Waals surface area contributed by atoms with Crippen LogP contribution >= 0.6 is 23.2 Å². The molecule has 0 saturated carbocycles. The van der Waals surface area contributed by atoms with Gasteiger partial charge in [-0.15, -0.1) is 0 Å². The van der Waals surface area contributed by atoms with Gasteiger partial charge in [0.25, 0.3) is 11.5 Å². The number of imidazole rings is 1. The number of hydrogen-bond acceptors (Lipinski definition) is 8. The number of nitrogens with zero attached hydrogens (tertiary/aromatic N) is 5. The molecule has 14 heteroatoms. The van der Waals surface area contributed by atoms with Gasteiger partial charge >= 0.3 is 11.7 Å². The van der Waals surface area contributed by atoms with Crippen LogP contribution in [0.15, 0.2) is 75.8 Å². The Balaban J connectivity index is 1.52. The second-order valence-corrected chi connectivity index (χ2v) is 10.8. The maximum Gasteiger partial charge on any atom is 0.332 e. The van der Waals surface area contributed by atoms with E-state index in [-0.39, 0.29) is 40.8 Å². The summed E-state index contributed by atoms with van der Waals surface area (Å²) in [5, 5.41) is 13.2. The highest BCUT2D eigenvalue weighted by molar-refractivity contribution is 6.35. The summed E-state index contributed by atoms with van der Waals surface area (Å²) in [4.78, 5) is 43.3. The van der Waals surface area contributed by atoms with E-state index in [9.17, 15) is 19.6 Å². The monoisotopic (exact) mass is 660 g/mol. The molecule has 0 fully saturated rings. The van der Waals surface area contributed by atoms with Crippen LogP contribution in [0.4, 0.5) is 5.69 Å². The Bertz CT molecular complexity index is 2180. The largest absolute Gasteiger partial charge is 0.497 e. The zero-order valence-corrected chi connectivity index (χ0v) is 26.5. The molecular weight excluding hydrogens is 635 g/mol. The van der Waals surface area contributed by atoms with E-state index in [2.05, 4.69) is 10.3 Å². The van der Waals surface area contributed by atoms with E-state index in [1.165, 1.54) is 43.5 Å². The van der Waals surface area contributed by atoms with Crippen molar-refractivity contribution in [3.63, 3.8) is 0 Å². The Morgan fingerprint density at radius 1 is 0.978 bits per heavy atom. The SMILES string of the molecule is COc1ccc(NC(=O)/C(C#N)=C\c2ccc(Oc3nc4c(c(=O)n(C)c(=O)n4C)n3Cc3ccc(Cl)cc3Cl)c(OC)c2)cc1. The highest BCUT2D eigenvalue weighted by atomic mass is 35.5. The molecule has 0 radical (unpaired) electrons. The number of nitriles is 1. The van der Waals surface area contributed by atoms with Crippen molar-refractivity contribution >= 4 is 52.0 Å². The molecule has 234 valence electrons. The molecule has 5 rings (SSSR count). The number of nitrogens with one attached hydrogen (secondary N) is 1. The average Bonchev–Trinajstić information content (AvgIpc) is 3.41. The number of ether oxygens (including phenoxy) is 3. The lowest BCUT2D eigenvalue weighted by Gasteiger charge is -2.13. The highest BCUT2D eigenvalue weighted by Crippen LogP contribution is 2.34. The molecule has 1 N–H and O–H groups in total. The molecule has 46 heavy (non-hydrogen) atoms. The van der Waals surface area contributed by atoms with E-state index in [0.29, 0.717) is 32.6 Å². The number of aromatic nitrogens is 4. The number of fused-ring (bicyclic) bond motifs is 1. The number of anilines is 1. The maximum absolute atomic E-state index is 13.3. The summed E-state index contributed by atoms with van der Waals surface area (Å²) >= 11 is 12.5. The molecule has 0 saturated heterocycles. The molecule has 0 unspecified atom stereocenters. The Kier molecular flexibility index (Phi) is 9.18. The standard InChI is InChI=1S/C32H26Cl2N6O6/c1-38-28-27(30(42)39(2)32(38)43)40(17-19-6-7-21(33)15-24(19)34)31(37-28)46-25-12-5-18(14-26(25)45-4)13-20(16-35)29(41)36-22-8-10-23(44-3)11-9-22/h5-15H,17H2,1-4H3,(H,36,41)/b20-13-. The summed E-state index contributed by atoms with van der Waals surface area (Å²) in [6.07, 6.45) is 1.41. The van der Waals surface area contributed by atoms with E-state index in [4.69, 9.17) is 37.4 Å². The van der Waals surface area contributed by atoms with Crippen LogP contribution in [0, 0.1) is 11.3 Å². The summed E-state index contributed by atoms with van der Waals surface area (Å²) in [5.74, 6) is 0.473.